The third-order valence-corrected chi connectivity index (χ3v) is 4.33. The average molecular weight is 326 g/mol. The van der Waals surface area contributed by atoms with Crippen LogP contribution >= 0.6 is 0 Å². The van der Waals surface area contributed by atoms with E-state index in [1.54, 1.807) is 6.20 Å². The standard InChI is InChI=1S/C19H26N4O/c1-13-7-9-23-15(10-13)17(14-6-5-8-20-12-14)18(22-23)21-16(24)11-19(2,3)4/h5-6,8,12-13H,7,9-11H2,1-4H3,(H,21,22,24). The van der Waals surface area contributed by atoms with Crippen molar-refractivity contribution in [2.24, 2.45) is 11.3 Å². The van der Waals surface area contributed by atoms with Gasteiger partial charge in [0.15, 0.2) is 5.82 Å². The molecule has 1 unspecified atom stereocenters. The van der Waals surface area contributed by atoms with Crippen LogP contribution in [0.1, 0.15) is 46.2 Å². The molecule has 1 aliphatic heterocycles. The van der Waals surface area contributed by atoms with Crippen LogP contribution in [0.15, 0.2) is 24.5 Å². The number of anilines is 1. The molecule has 1 atom stereocenters. The summed E-state index contributed by atoms with van der Waals surface area (Å²) in [6.07, 6.45) is 6.18. The number of fused-ring (bicyclic) bond motifs is 1. The minimum Gasteiger partial charge on any atom is -0.309 e. The lowest BCUT2D eigenvalue weighted by Gasteiger charge is -2.20. The van der Waals surface area contributed by atoms with Crippen LogP contribution in [0.3, 0.4) is 0 Å². The fraction of sp³-hybridized carbons (Fsp3) is 0.526. The SMILES string of the molecule is CC1CCn2nc(NC(=O)CC(C)(C)C)c(-c3cccnc3)c2C1. The summed E-state index contributed by atoms with van der Waals surface area (Å²) in [7, 11) is 0. The molecular formula is C19H26N4O. The van der Waals surface area contributed by atoms with E-state index in [0.717, 1.165) is 30.5 Å². The third kappa shape index (κ3) is 3.66. The van der Waals surface area contributed by atoms with Gasteiger partial charge in [0.2, 0.25) is 5.91 Å². The molecule has 0 spiro atoms. The maximum absolute atomic E-state index is 12.4. The smallest absolute Gasteiger partial charge is 0.226 e. The first-order chi connectivity index (χ1) is 11.3. The van der Waals surface area contributed by atoms with Crippen LogP contribution in [0.25, 0.3) is 11.1 Å². The molecule has 24 heavy (non-hydrogen) atoms. The number of hydrogen-bond acceptors (Lipinski definition) is 3. The van der Waals surface area contributed by atoms with Crippen LogP contribution in [-0.2, 0) is 17.8 Å². The van der Waals surface area contributed by atoms with E-state index < -0.39 is 0 Å². The zero-order chi connectivity index (χ0) is 17.3. The second-order valence-corrected chi connectivity index (χ2v) is 8.02. The third-order valence-electron chi connectivity index (χ3n) is 4.33. The Hall–Kier alpha value is -2.17. The molecule has 0 aromatic carbocycles. The predicted molar refractivity (Wildman–Crippen MR) is 95.6 cm³/mol. The van der Waals surface area contributed by atoms with Gasteiger partial charge in [0, 0.05) is 42.2 Å². The molecule has 3 rings (SSSR count). The molecule has 5 heteroatoms. The number of carbonyl (C=O) groups is 1. The van der Waals surface area contributed by atoms with Gasteiger partial charge in [0.25, 0.3) is 0 Å². The number of aryl methyl sites for hydroxylation is 1. The number of nitrogens with zero attached hydrogens (tertiary/aromatic N) is 3. The summed E-state index contributed by atoms with van der Waals surface area (Å²) in [5, 5.41) is 7.73. The first-order valence-corrected chi connectivity index (χ1v) is 8.63. The number of nitrogens with one attached hydrogen (secondary N) is 1. The van der Waals surface area contributed by atoms with Crippen molar-refractivity contribution in [1.29, 1.82) is 0 Å². The molecule has 0 aliphatic carbocycles. The zero-order valence-corrected chi connectivity index (χ0v) is 15.0. The van der Waals surface area contributed by atoms with Crippen molar-refractivity contribution in [3.05, 3.63) is 30.2 Å². The van der Waals surface area contributed by atoms with Gasteiger partial charge in [0.05, 0.1) is 0 Å². The summed E-state index contributed by atoms with van der Waals surface area (Å²) >= 11 is 0. The van der Waals surface area contributed by atoms with Gasteiger partial charge in [-0.2, -0.15) is 5.10 Å². The Kier molecular flexibility index (Phi) is 4.43. The van der Waals surface area contributed by atoms with E-state index in [1.165, 1.54) is 5.69 Å². The molecule has 1 aliphatic rings. The number of aromatic nitrogens is 3. The minimum atomic E-state index is -0.0492. The van der Waals surface area contributed by atoms with Crippen molar-refractivity contribution in [2.45, 2.75) is 53.5 Å². The van der Waals surface area contributed by atoms with Crippen molar-refractivity contribution in [2.75, 3.05) is 5.32 Å². The summed E-state index contributed by atoms with van der Waals surface area (Å²) < 4.78 is 2.05. The maximum Gasteiger partial charge on any atom is 0.226 e. The number of amides is 1. The lowest BCUT2D eigenvalue weighted by atomic mass is 9.92. The van der Waals surface area contributed by atoms with Crippen LogP contribution < -0.4 is 5.32 Å². The fourth-order valence-electron chi connectivity index (χ4n) is 3.22. The van der Waals surface area contributed by atoms with Crippen molar-refractivity contribution in [3.8, 4) is 11.1 Å². The van der Waals surface area contributed by atoms with Crippen LogP contribution in [0.2, 0.25) is 0 Å². The Balaban J connectivity index is 1.98. The average Bonchev–Trinajstić information content (AvgIpc) is 2.83. The van der Waals surface area contributed by atoms with Crippen molar-refractivity contribution in [3.63, 3.8) is 0 Å². The van der Waals surface area contributed by atoms with Gasteiger partial charge in [-0.3, -0.25) is 14.5 Å². The largest absolute Gasteiger partial charge is 0.309 e. The summed E-state index contributed by atoms with van der Waals surface area (Å²) in [5.74, 6) is 1.31. The van der Waals surface area contributed by atoms with E-state index in [-0.39, 0.29) is 11.3 Å². The minimum absolute atomic E-state index is 0.0103. The zero-order valence-electron chi connectivity index (χ0n) is 15.0. The van der Waals surface area contributed by atoms with Crippen molar-refractivity contribution >= 4 is 11.7 Å². The first-order valence-electron chi connectivity index (χ1n) is 8.63. The number of rotatable bonds is 3. The van der Waals surface area contributed by atoms with E-state index in [2.05, 4.69) is 47.8 Å². The van der Waals surface area contributed by atoms with E-state index in [0.29, 0.717) is 18.2 Å². The highest BCUT2D eigenvalue weighted by Crippen LogP contribution is 2.35. The molecule has 5 nitrogen and oxygen atoms in total. The second-order valence-electron chi connectivity index (χ2n) is 8.02. The summed E-state index contributed by atoms with van der Waals surface area (Å²) in [4.78, 5) is 16.7. The van der Waals surface area contributed by atoms with E-state index >= 15 is 0 Å². The molecule has 2 aromatic heterocycles. The number of hydrogen-bond donors (Lipinski definition) is 1. The molecule has 0 saturated carbocycles. The molecule has 0 fully saturated rings. The van der Waals surface area contributed by atoms with E-state index in [9.17, 15) is 4.79 Å². The lowest BCUT2D eigenvalue weighted by molar-refractivity contribution is -0.117. The molecular weight excluding hydrogens is 300 g/mol. The van der Waals surface area contributed by atoms with Crippen molar-refractivity contribution in [1.82, 2.24) is 14.8 Å². The van der Waals surface area contributed by atoms with Gasteiger partial charge in [0.1, 0.15) is 0 Å². The molecule has 3 heterocycles. The normalized spacial score (nSPS) is 17.4. The van der Waals surface area contributed by atoms with Crippen molar-refractivity contribution < 1.29 is 4.79 Å². The Bertz CT molecular complexity index is 728. The van der Waals surface area contributed by atoms with Gasteiger partial charge < -0.3 is 5.32 Å². The summed E-state index contributed by atoms with van der Waals surface area (Å²) in [5.41, 5.74) is 3.19. The van der Waals surface area contributed by atoms with E-state index in [1.807, 2.05) is 18.3 Å². The Labute approximate surface area is 143 Å². The van der Waals surface area contributed by atoms with E-state index in [4.69, 9.17) is 0 Å². The number of pyridine rings is 1. The molecule has 0 saturated heterocycles. The molecule has 1 N–H and O–H groups in total. The van der Waals surface area contributed by atoms with Gasteiger partial charge >= 0.3 is 0 Å². The molecule has 0 bridgehead atoms. The summed E-state index contributed by atoms with van der Waals surface area (Å²) in [6, 6.07) is 3.95. The second kappa shape index (κ2) is 6.38. The summed E-state index contributed by atoms with van der Waals surface area (Å²) in [6.45, 7) is 9.36. The Morgan fingerprint density at radius 2 is 2.21 bits per heavy atom. The van der Waals surface area contributed by atoms with Crippen LogP contribution in [-0.4, -0.2) is 20.7 Å². The number of carbonyl (C=O) groups excluding carboxylic acids is 1. The highest BCUT2D eigenvalue weighted by molar-refractivity contribution is 5.95. The molecule has 1 amide bonds. The highest BCUT2D eigenvalue weighted by atomic mass is 16.1. The molecule has 2 aromatic rings. The molecule has 128 valence electrons. The molecule has 0 radical (unpaired) electrons. The topological polar surface area (TPSA) is 59.8 Å². The van der Waals surface area contributed by atoms with Crippen LogP contribution in [0.4, 0.5) is 5.82 Å². The predicted octanol–water partition coefficient (Wildman–Crippen LogP) is 3.90. The first kappa shape index (κ1) is 16.7. The Morgan fingerprint density at radius 1 is 1.42 bits per heavy atom. The fourth-order valence-corrected chi connectivity index (χ4v) is 3.22. The quantitative estimate of drug-likeness (QED) is 0.930. The van der Waals surface area contributed by atoms with Crippen LogP contribution in [0, 0.1) is 11.3 Å². The monoisotopic (exact) mass is 326 g/mol. The van der Waals surface area contributed by atoms with Gasteiger partial charge in [-0.1, -0.05) is 33.8 Å². The van der Waals surface area contributed by atoms with Gasteiger partial charge in [-0.05, 0) is 30.2 Å². The Morgan fingerprint density at radius 3 is 2.88 bits per heavy atom. The maximum atomic E-state index is 12.4. The highest BCUT2D eigenvalue weighted by Gasteiger charge is 2.26. The van der Waals surface area contributed by atoms with Crippen LogP contribution in [0.5, 0.6) is 0 Å². The van der Waals surface area contributed by atoms with Gasteiger partial charge in [-0.15, -0.1) is 0 Å². The lowest BCUT2D eigenvalue weighted by Crippen LogP contribution is -2.20. The van der Waals surface area contributed by atoms with Gasteiger partial charge in [-0.25, -0.2) is 0 Å².